The van der Waals surface area contributed by atoms with Crippen molar-refractivity contribution < 1.29 is 4.79 Å². The molecule has 1 aromatic rings. The van der Waals surface area contributed by atoms with Gasteiger partial charge >= 0.3 is 0 Å². The Hall–Kier alpha value is -0.360. The fourth-order valence-corrected chi connectivity index (χ4v) is 4.80. The minimum Gasteiger partial charge on any atom is -0.342 e. The van der Waals surface area contributed by atoms with Crippen LogP contribution in [0.2, 0.25) is 0 Å². The zero-order valence-corrected chi connectivity index (χ0v) is 16.9. The van der Waals surface area contributed by atoms with Crippen LogP contribution in [-0.4, -0.2) is 34.9 Å². The molecule has 7 heteroatoms. The first-order valence-corrected chi connectivity index (χ1v) is 9.33. The van der Waals surface area contributed by atoms with Crippen molar-refractivity contribution in [3.63, 3.8) is 0 Å². The lowest BCUT2D eigenvalue weighted by atomic mass is 9.95. The number of piperidine rings is 1. The SMILES string of the molecule is Cc1nc(C2CCCN(C(=O)C[C@@H]3CCC[C@H]3N)C2)sc1C.Cl.Cl. The van der Waals surface area contributed by atoms with E-state index in [0.717, 1.165) is 44.5 Å². The van der Waals surface area contributed by atoms with E-state index in [9.17, 15) is 4.79 Å². The summed E-state index contributed by atoms with van der Waals surface area (Å²) in [6.07, 6.45) is 6.26. The van der Waals surface area contributed by atoms with Gasteiger partial charge in [0.25, 0.3) is 0 Å². The third-order valence-electron chi connectivity index (χ3n) is 5.32. The summed E-state index contributed by atoms with van der Waals surface area (Å²) in [4.78, 5) is 20.7. The quantitative estimate of drug-likeness (QED) is 0.848. The summed E-state index contributed by atoms with van der Waals surface area (Å²) in [6, 6.07) is 0.230. The number of likely N-dealkylation sites (tertiary alicyclic amines) is 1. The number of aromatic nitrogens is 1. The molecule has 0 aromatic carbocycles. The van der Waals surface area contributed by atoms with Crippen molar-refractivity contribution in [2.45, 2.75) is 64.3 Å². The maximum atomic E-state index is 12.6. The van der Waals surface area contributed by atoms with Gasteiger partial charge < -0.3 is 10.6 Å². The van der Waals surface area contributed by atoms with Crippen LogP contribution in [0.25, 0.3) is 0 Å². The number of nitrogens with two attached hydrogens (primary N) is 1. The van der Waals surface area contributed by atoms with Crippen LogP contribution in [0.1, 0.15) is 60.0 Å². The Balaban J connectivity index is 0.00000144. The molecule has 1 saturated carbocycles. The molecule has 24 heavy (non-hydrogen) atoms. The molecule has 138 valence electrons. The number of hydrogen-bond donors (Lipinski definition) is 1. The van der Waals surface area contributed by atoms with Crippen molar-refractivity contribution in [3.8, 4) is 0 Å². The number of amides is 1. The highest BCUT2D eigenvalue weighted by atomic mass is 35.5. The second-order valence-corrected chi connectivity index (χ2v) is 8.17. The molecule has 3 atom stereocenters. The van der Waals surface area contributed by atoms with Crippen LogP contribution < -0.4 is 5.73 Å². The highest BCUT2D eigenvalue weighted by Gasteiger charge is 2.31. The molecule has 0 bridgehead atoms. The number of aryl methyl sites for hydroxylation is 2. The molecule has 4 nitrogen and oxygen atoms in total. The van der Waals surface area contributed by atoms with Crippen LogP contribution >= 0.6 is 36.2 Å². The van der Waals surface area contributed by atoms with Crippen LogP contribution in [-0.2, 0) is 4.79 Å². The van der Waals surface area contributed by atoms with Gasteiger partial charge in [0.15, 0.2) is 0 Å². The summed E-state index contributed by atoms with van der Waals surface area (Å²) >= 11 is 1.80. The van der Waals surface area contributed by atoms with Gasteiger partial charge in [0.1, 0.15) is 0 Å². The molecular formula is C17H29Cl2N3OS. The van der Waals surface area contributed by atoms with Crippen LogP contribution in [0.5, 0.6) is 0 Å². The second-order valence-electron chi connectivity index (χ2n) is 6.93. The van der Waals surface area contributed by atoms with Crippen molar-refractivity contribution in [2.75, 3.05) is 13.1 Å². The van der Waals surface area contributed by atoms with Gasteiger partial charge in [0, 0.05) is 36.3 Å². The maximum absolute atomic E-state index is 12.6. The van der Waals surface area contributed by atoms with Gasteiger partial charge in [-0.3, -0.25) is 4.79 Å². The Morgan fingerprint density at radius 1 is 1.25 bits per heavy atom. The van der Waals surface area contributed by atoms with Crippen LogP contribution in [0.15, 0.2) is 0 Å². The molecule has 1 amide bonds. The summed E-state index contributed by atoms with van der Waals surface area (Å²) in [5.41, 5.74) is 7.25. The summed E-state index contributed by atoms with van der Waals surface area (Å²) in [6.45, 7) is 5.94. The molecule has 2 fully saturated rings. The molecule has 0 spiro atoms. The van der Waals surface area contributed by atoms with Gasteiger partial charge in [0.05, 0.1) is 10.7 Å². The van der Waals surface area contributed by atoms with E-state index in [2.05, 4.69) is 18.7 Å². The van der Waals surface area contributed by atoms with Gasteiger partial charge in [-0.1, -0.05) is 6.42 Å². The van der Waals surface area contributed by atoms with Crippen molar-refractivity contribution in [1.29, 1.82) is 0 Å². The Morgan fingerprint density at radius 3 is 2.58 bits per heavy atom. The summed E-state index contributed by atoms with van der Waals surface area (Å²) in [5.74, 6) is 1.13. The van der Waals surface area contributed by atoms with Crippen molar-refractivity contribution in [1.82, 2.24) is 9.88 Å². The zero-order valence-electron chi connectivity index (χ0n) is 14.5. The standard InChI is InChI=1S/C17H27N3OS.2ClH/c1-11-12(2)22-17(19-11)14-6-4-8-20(10-14)16(21)9-13-5-3-7-15(13)18;;/h13-15H,3-10,18H2,1-2H3;2*1H/t13-,14?,15+;;/m0../s1. The maximum Gasteiger partial charge on any atom is 0.222 e. The molecule has 0 radical (unpaired) electrons. The number of halogens is 2. The van der Waals surface area contributed by atoms with Gasteiger partial charge in [0.2, 0.25) is 5.91 Å². The molecule has 1 aromatic heterocycles. The molecule has 1 aliphatic carbocycles. The third-order valence-corrected chi connectivity index (χ3v) is 6.56. The molecule has 2 aliphatic rings. The minimum atomic E-state index is 0. The topological polar surface area (TPSA) is 59.2 Å². The predicted octanol–water partition coefficient (Wildman–Crippen LogP) is 3.83. The average molecular weight is 394 g/mol. The van der Waals surface area contributed by atoms with Gasteiger partial charge in [-0.15, -0.1) is 36.2 Å². The molecule has 1 unspecified atom stereocenters. The van der Waals surface area contributed by atoms with E-state index >= 15 is 0 Å². The monoisotopic (exact) mass is 393 g/mol. The highest BCUT2D eigenvalue weighted by molar-refractivity contribution is 7.11. The molecule has 1 saturated heterocycles. The van der Waals surface area contributed by atoms with E-state index in [1.165, 1.54) is 16.3 Å². The van der Waals surface area contributed by atoms with E-state index in [1.807, 2.05) is 0 Å². The van der Waals surface area contributed by atoms with Crippen molar-refractivity contribution in [3.05, 3.63) is 15.6 Å². The van der Waals surface area contributed by atoms with Crippen molar-refractivity contribution in [2.24, 2.45) is 11.7 Å². The summed E-state index contributed by atoms with van der Waals surface area (Å²) in [5, 5.41) is 1.21. The smallest absolute Gasteiger partial charge is 0.222 e. The Labute approximate surface area is 161 Å². The van der Waals surface area contributed by atoms with E-state index in [0.29, 0.717) is 24.2 Å². The van der Waals surface area contributed by atoms with Crippen molar-refractivity contribution >= 4 is 42.1 Å². The fraction of sp³-hybridized carbons (Fsp3) is 0.765. The van der Waals surface area contributed by atoms with Gasteiger partial charge in [-0.2, -0.15) is 0 Å². The Morgan fingerprint density at radius 2 is 2.00 bits per heavy atom. The highest BCUT2D eigenvalue weighted by Crippen LogP contribution is 2.33. The molecule has 2 heterocycles. The van der Waals surface area contributed by atoms with E-state index in [4.69, 9.17) is 10.7 Å². The molecule has 2 N–H and O–H groups in total. The number of hydrogen-bond acceptors (Lipinski definition) is 4. The first kappa shape index (κ1) is 21.7. The minimum absolute atomic E-state index is 0. The molecular weight excluding hydrogens is 365 g/mol. The second kappa shape index (κ2) is 9.37. The molecule has 1 aliphatic heterocycles. The molecule has 3 rings (SSSR count). The first-order chi connectivity index (χ1) is 10.5. The van der Waals surface area contributed by atoms with E-state index in [1.54, 1.807) is 11.3 Å². The van der Waals surface area contributed by atoms with Crippen LogP contribution in [0.4, 0.5) is 0 Å². The van der Waals surface area contributed by atoms with Gasteiger partial charge in [-0.25, -0.2) is 4.98 Å². The van der Waals surface area contributed by atoms with Crippen LogP contribution in [0, 0.1) is 19.8 Å². The van der Waals surface area contributed by atoms with Gasteiger partial charge in [-0.05, 0) is 45.4 Å². The summed E-state index contributed by atoms with van der Waals surface area (Å²) < 4.78 is 0. The normalized spacial score (nSPS) is 26.6. The Kier molecular flexibility index (Phi) is 8.46. The number of carbonyl (C=O) groups is 1. The predicted molar refractivity (Wildman–Crippen MR) is 105 cm³/mol. The fourth-order valence-electron chi connectivity index (χ4n) is 3.75. The zero-order chi connectivity index (χ0) is 15.7. The average Bonchev–Trinajstić information content (AvgIpc) is 3.06. The number of nitrogens with zero attached hydrogens (tertiary/aromatic N) is 2. The largest absolute Gasteiger partial charge is 0.342 e. The first-order valence-electron chi connectivity index (χ1n) is 8.52. The third kappa shape index (κ3) is 4.84. The number of rotatable bonds is 3. The summed E-state index contributed by atoms with van der Waals surface area (Å²) in [7, 11) is 0. The lowest BCUT2D eigenvalue weighted by Crippen LogP contribution is -2.41. The Bertz CT molecular complexity index is 532. The van der Waals surface area contributed by atoms with E-state index in [-0.39, 0.29) is 30.9 Å². The lowest BCUT2D eigenvalue weighted by Gasteiger charge is -2.33. The number of thiazole rings is 1. The van der Waals surface area contributed by atoms with Crippen LogP contribution in [0.3, 0.4) is 0 Å². The lowest BCUT2D eigenvalue weighted by molar-refractivity contribution is -0.133. The number of carbonyl (C=O) groups excluding carboxylic acids is 1. The van der Waals surface area contributed by atoms with E-state index < -0.39 is 0 Å².